The number of methoxy groups -OCH3 is 4. The predicted molar refractivity (Wildman–Crippen MR) is 85.7 cm³/mol. The topological polar surface area (TPSA) is 100 Å². The summed E-state index contributed by atoms with van der Waals surface area (Å²) in [4.78, 5) is 29.0. The summed E-state index contributed by atoms with van der Waals surface area (Å²) in [5, 5.41) is 2.39. The van der Waals surface area contributed by atoms with Crippen molar-refractivity contribution in [2.45, 2.75) is 34.1 Å². The number of carbonyl (C=O) groups excluding carboxylic acids is 3. The molecule has 0 aliphatic rings. The molecule has 0 aromatic rings. The standard InChI is InChI=1S/C3H7NO.C3H6O3.C3H6O2.C3H8.C2H6O/c1-3(5)4-2;1-5-3(4)6-2;1-3(4)5-2;2*1-3-2/h1-2H3,(H,4,5);1-2H3;1-2H3;3H2,1-2H3;1-2H3. The summed E-state index contributed by atoms with van der Waals surface area (Å²) >= 11 is 0. The van der Waals surface area contributed by atoms with Gasteiger partial charge in [-0.15, -0.1) is 0 Å². The number of hydrogen-bond acceptors (Lipinski definition) is 7. The molecule has 0 heterocycles. The summed E-state index contributed by atoms with van der Waals surface area (Å²) in [5.41, 5.74) is 0. The van der Waals surface area contributed by atoms with Gasteiger partial charge in [-0.05, 0) is 0 Å². The molecular weight excluding hydrogens is 294 g/mol. The second-order valence-corrected chi connectivity index (χ2v) is 3.28. The number of carbonyl (C=O) groups is 3. The SMILES string of the molecule is CCC.CNC(C)=O.COC.COC(=O)OC.COC(C)=O. The fourth-order valence-corrected chi connectivity index (χ4v) is 0.0833. The second-order valence-electron chi connectivity index (χ2n) is 3.28. The van der Waals surface area contributed by atoms with Crippen molar-refractivity contribution in [1.82, 2.24) is 5.32 Å². The Balaban J connectivity index is -0.0000000563. The van der Waals surface area contributed by atoms with Crippen molar-refractivity contribution >= 4 is 18.0 Å². The zero-order valence-electron chi connectivity index (χ0n) is 15.6. The summed E-state index contributed by atoms with van der Waals surface area (Å²) in [6.07, 6.45) is 0.593. The van der Waals surface area contributed by atoms with Crippen LogP contribution in [0.5, 0.6) is 0 Å². The molecule has 0 aliphatic heterocycles. The summed E-state index contributed by atoms with van der Waals surface area (Å²) in [7, 11) is 8.71. The highest BCUT2D eigenvalue weighted by atomic mass is 16.7. The van der Waals surface area contributed by atoms with Crippen LogP contribution in [0.25, 0.3) is 0 Å². The van der Waals surface area contributed by atoms with Crippen LogP contribution in [0.15, 0.2) is 0 Å². The quantitative estimate of drug-likeness (QED) is 0.679. The van der Waals surface area contributed by atoms with Crippen molar-refractivity contribution in [3.8, 4) is 0 Å². The first kappa shape index (κ1) is 32.2. The fraction of sp³-hybridized carbons (Fsp3) is 0.786. The minimum Gasteiger partial charge on any atom is -0.469 e. The number of rotatable bonds is 0. The second kappa shape index (κ2) is 36.5. The number of ether oxygens (including phenoxy) is 4. The summed E-state index contributed by atoms with van der Waals surface area (Å²) in [6, 6.07) is 0. The maximum absolute atomic E-state index is 9.74. The van der Waals surface area contributed by atoms with E-state index in [1.807, 2.05) is 0 Å². The Morgan fingerprint density at radius 3 is 1.00 bits per heavy atom. The van der Waals surface area contributed by atoms with Crippen LogP contribution in [0.4, 0.5) is 4.79 Å². The van der Waals surface area contributed by atoms with Crippen LogP contribution in [0.2, 0.25) is 0 Å². The minimum absolute atomic E-state index is 0.00463. The molecule has 0 bridgehead atoms. The van der Waals surface area contributed by atoms with Crippen LogP contribution < -0.4 is 5.32 Å². The van der Waals surface area contributed by atoms with Crippen molar-refractivity contribution in [2.24, 2.45) is 0 Å². The molecule has 22 heavy (non-hydrogen) atoms. The maximum Gasteiger partial charge on any atom is 0.507 e. The molecule has 0 atom stereocenters. The van der Waals surface area contributed by atoms with E-state index >= 15 is 0 Å². The molecule has 1 amide bonds. The Morgan fingerprint density at radius 2 is 1.00 bits per heavy atom. The van der Waals surface area contributed by atoms with E-state index in [0.717, 1.165) is 0 Å². The van der Waals surface area contributed by atoms with Crippen molar-refractivity contribution in [3.05, 3.63) is 0 Å². The van der Waals surface area contributed by atoms with E-state index in [9.17, 15) is 14.4 Å². The molecule has 8 heteroatoms. The van der Waals surface area contributed by atoms with Gasteiger partial charge in [0.2, 0.25) is 5.91 Å². The molecule has 1 N–H and O–H groups in total. The van der Waals surface area contributed by atoms with Gasteiger partial charge in [0.1, 0.15) is 0 Å². The smallest absolute Gasteiger partial charge is 0.469 e. The molecule has 0 radical (unpaired) electrons. The van der Waals surface area contributed by atoms with Gasteiger partial charge in [0.05, 0.1) is 21.3 Å². The largest absolute Gasteiger partial charge is 0.507 e. The molecule has 0 unspecified atom stereocenters. The molecule has 8 nitrogen and oxygen atoms in total. The van der Waals surface area contributed by atoms with Gasteiger partial charge in [0.15, 0.2) is 0 Å². The van der Waals surface area contributed by atoms with E-state index in [-0.39, 0.29) is 11.9 Å². The van der Waals surface area contributed by atoms with Crippen molar-refractivity contribution in [3.63, 3.8) is 0 Å². The van der Waals surface area contributed by atoms with Gasteiger partial charge in [-0.3, -0.25) is 9.59 Å². The lowest BCUT2D eigenvalue weighted by molar-refractivity contribution is -0.137. The van der Waals surface area contributed by atoms with Crippen LogP contribution in [0, 0.1) is 0 Å². The number of amides is 1. The number of nitrogens with one attached hydrogen (secondary N) is 1. The van der Waals surface area contributed by atoms with Crippen LogP contribution in [0.3, 0.4) is 0 Å². The van der Waals surface area contributed by atoms with Gasteiger partial charge in [-0.25, -0.2) is 4.79 Å². The lowest BCUT2D eigenvalue weighted by Gasteiger charge is -1.89. The summed E-state index contributed by atoms with van der Waals surface area (Å²) in [6.45, 7) is 7.08. The highest BCUT2D eigenvalue weighted by molar-refractivity contribution is 5.72. The molecule has 0 aromatic heterocycles. The van der Waals surface area contributed by atoms with E-state index in [1.165, 1.54) is 41.6 Å². The summed E-state index contributed by atoms with van der Waals surface area (Å²) < 4.78 is 16.4. The predicted octanol–water partition coefficient (Wildman–Crippen LogP) is 2.01. The first-order valence-electron chi connectivity index (χ1n) is 6.43. The lowest BCUT2D eigenvalue weighted by atomic mass is 10.6. The number of esters is 1. The fourth-order valence-electron chi connectivity index (χ4n) is 0.0833. The molecular formula is C14H33NO7. The van der Waals surface area contributed by atoms with E-state index < -0.39 is 6.16 Å². The monoisotopic (exact) mass is 327 g/mol. The van der Waals surface area contributed by atoms with Crippen molar-refractivity contribution < 1.29 is 33.3 Å². The third kappa shape index (κ3) is 141. The highest BCUT2D eigenvalue weighted by Crippen LogP contribution is 1.72. The Hall–Kier alpha value is -1.83. The molecule has 0 saturated heterocycles. The van der Waals surface area contributed by atoms with Gasteiger partial charge in [-0.1, -0.05) is 20.3 Å². The van der Waals surface area contributed by atoms with Gasteiger partial charge < -0.3 is 24.3 Å². The molecule has 0 saturated carbocycles. The van der Waals surface area contributed by atoms with Crippen LogP contribution in [-0.2, 0) is 28.5 Å². The van der Waals surface area contributed by atoms with Crippen molar-refractivity contribution in [2.75, 3.05) is 42.6 Å². The van der Waals surface area contributed by atoms with E-state index in [1.54, 1.807) is 21.3 Å². The average Bonchev–Trinajstić information content (AvgIpc) is 2.49. The molecule has 0 rings (SSSR count). The highest BCUT2D eigenvalue weighted by Gasteiger charge is 1.88. The average molecular weight is 327 g/mol. The minimum atomic E-state index is -0.657. The normalized spacial score (nSPS) is 6.64. The Morgan fingerprint density at radius 1 is 0.818 bits per heavy atom. The molecule has 0 aliphatic carbocycles. The van der Waals surface area contributed by atoms with Gasteiger partial charge in [0.25, 0.3) is 0 Å². The zero-order valence-corrected chi connectivity index (χ0v) is 15.6. The number of hydrogen-bond donors (Lipinski definition) is 1. The third-order valence-electron chi connectivity index (χ3n) is 0.973. The maximum atomic E-state index is 9.74. The van der Waals surface area contributed by atoms with Gasteiger partial charge in [0, 0.05) is 35.1 Å². The molecule has 0 aromatic carbocycles. The molecule has 0 fully saturated rings. The van der Waals surface area contributed by atoms with Crippen LogP contribution >= 0.6 is 0 Å². The zero-order chi connectivity index (χ0) is 19.0. The van der Waals surface area contributed by atoms with Gasteiger partial charge in [-0.2, -0.15) is 0 Å². The van der Waals surface area contributed by atoms with Crippen LogP contribution in [0.1, 0.15) is 34.1 Å². The molecule has 0 spiro atoms. The lowest BCUT2D eigenvalue weighted by Crippen LogP contribution is -2.11. The van der Waals surface area contributed by atoms with E-state index in [2.05, 4.69) is 38.1 Å². The first-order chi connectivity index (χ1) is 10.2. The first-order valence-corrected chi connectivity index (χ1v) is 6.43. The summed E-state index contributed by atoms with van der Waals surface area (Å²) in [5.74, 6) is -0.241. The van der Waals surface area contributed by atoms with Crippen LogP contribution in [-0.4, -0.2) is 60.6 Å². The Bertz CT molecular complexity index is 211. The molecule has 136 valence electrons. The Kier molecular flexibility index (Phi) is 53.4. The van der Waals surface area contributed by atoms with Gasteiger partial charge >= 0.3 is 12.1 Å². The third-order valence-corrected chi connectivity index (χ3v) is 0.973. The van der Waals surface area contributed by atoms with Crippen molar-refractivity contribution in [1.29, 1.82) is 0 Å². The Labute approximate surface area is 134 Å². The van der Waals surface area contributed by atoms with E-state index in [4.69, 9.17) is 0 Å². The van der Waals surface area contributed by atoms with E-state index in [0.29, 0.717) is 0 Å².